The highest BCUT2D eigenvalue weighted by molar-refractivity contribution is 7.07. The molecule has 2 rings (SSSR count). The second kappa shape index (κ2) is 3.06. The second-order valence-electron chi connectivity index (χ2n) is 3.29. The highest BCUT2D eigenvalue weighted by Gasteiger charge is 2.31. The molecule has 1 aliphatic carbocycles. The van der Waals surface area contributed by atoms with Crippen molar-refractivity contribution in [2.45, 2.75) is 25.8 Å². The van der Waals surface area contributed by atoms with E-state index in [1.807, 2.05) is 7.05 Å². The maximum Gasteiger partial charge on any atom is 0.284 e. The number of carbonyl (C=O) groups is 1. The molecule has 1 fully saturated rings. The molecule has 1 aliphatic rings. The third-order valence-corrected chi connectivity index (χ3v) is 2.92. The smallest absolute Gasteiger partial charge is 0.284 e. The predicted molar refractivity (Wildman–Crippen MR) is 49.8 cm³/mol. The van der Waals surface area contributed by atoms with Crippen LogP contribution in [-0.4, -0.2) is 33.3 Å². The highest BCUT2D eigenvalue weighted by atomic mass is 32.1. The Hall–Kier alpha value is -0.970. The number of aromatic nitrogens is 2. The molecule has 1 amide bonds. The minimum absolute atomic E-state index is 0.00750. The van der Waals surface area contributed by atoms with Crippen LogP contribution in [0.2, 0.25) is 0 Å². The summed E-state index contributed by atoms with van der Waals surface area (Å²) in [5.41, 5.74) is 0. The van der Waals surface area contributed by atoms with Gasteiger partial charge in [0.2, 0.25) is 5.01 Å². The Bertz CT molecular complexity index is 332. The van der Waals surface area contributed by atoms with Crippen molar-refractivity contribution >= 4 is 17.4 Å². The molecular formula is C8H11N3OS. The molecule has 0 saturated heterocycles. The van der Waals surface area contributed by atoms with Gasteiger partial charge in [-0.25, -0.2) is 4.98 Å². The third-order valence-electron chi connectivity index (χ3n) is 2.13. The molecule has 0 atom stereocenters. The Balaban J connectivity index is 2.11. The molecule has 70 valence electrons. The third kappa shape index (κ3) is 1.70. The van der Waals surface area contributed by atoms with Crippen molar-refractivity contribution in [2.24, 2.45) is 0 Å². The summed E-state index contributed by atoms with van der Waals surface area (Å²) >= 11 is 1.18. The van der Waals surface area contributed by atoms with Crippen LogP contribution in [0.15, 0.2) is 0 Å². The Morgan fingerprint density at radius 3 is 2.77 bits per heavy atom. The molecule has 0 N–H and O–H groups in total. The molecule has 1 aromatic rings. The molecule has 5 heteroatoms. The van der Waals surface area contributed by atoms with Crippen molar-refractivity contribution in [3.63, 3.8) is 0 Å². The van der Waals surface area contributed by atoms with Crippen LogP contribution in [0.25, 0.3) is 0 Å². The fourth-order valence-electron chi connectivity index (χ4n) is 1.16. The molecule has 0 spiro atoms. The largest absolute Gasteiger partial charge is 0.337 e. The van der Waals surface area contributed by atoms with E-state index in [0.29, 0.717) is 16.9 Å². The zero-order valence-corrected chi connectivity index (χ0v) is 8.47. The molecule has 1 aromatic heterocycles. The van der Waals surface area contributed by atoms with Gasteiger partial charge in [0.15, 0.2) is 0 Å². The lowest BCUT2D eigenvalue weighted by atomic mass is 10.5. The molecule has 0 unspecified atom stereocenters. The van der Waals surface area contributed by atoms with Gasteiger partial charge < -0.3 is 4.90 Å². The van der Waals surface area contributed by atoms with Gasteiger partial charge in [0.05, 0.1) is 0 Å². The molecule has 0 bridgehead atoms. The summed E-state index contributed by atoms with van der Waals surface area (Å²) in [6, 6.07) is 0.441. The summed E-state index contributed by atoms with van der Waals surface area (Å²) in [7, 11) is 1.83. The van der Waals surface area contributed by atoms with Crippen LogP contribution in [0.3, 0.4) is 0 Å². The van der Waals surface area contributed by atoms with Gasteiger partial charge in [0.25, 0.3) is 5.91 Å². The Kier molecular flexibility index (Phi) is 2.03. The van der Waals surface area contributed by atoms with Gasteiger partial charge in [-0.05, 0) is 31.3 Å². The summed E-state index contributed by atoms with van der Waals surface area (Å²) in [4.78, 5) is 17.5. The number of carbonyl (C=O) groups excluding carboxylic acids is 1. The number of hydrogen-bond donors (Lipinski definition) is 0. The molecule has 0 radical (unpaired) electrons. The molecular weight excluding hydrogens is 186 g/mol. The maximum absolute atomic E-state index is 11.7. The Labute approximate surface area is 80.8 Å². The van der Waals surface area contributed by atoms with Crippen molar-refractivity contribution < 1.29 is 4.79 Å². The first-order valence-electron chi connectivity index (χ1n) is 4.26. The first-order valence-corrected chi connectivity index (χ1v) is 5.03. The number of nitrogens with zero attached hydrogens (tertiary/aromatic N) is 3. The lowest BCUT2D eigenvalue weighted by molar-refractivity contribution is 0.0784. The van der Waals surface area contributed by atoms with Crippen molar-refractivity contribution in [3.8, 4) is 0 Å². The fourth-order valence-corrected chi connectivity index (χ4v) is 1.82. The van der Waals surface area contributed by atoms with Gasteiger partial charge in [-0.15, -0.1) is 0 Å². The summed E-state index contributed by atoms with van der Waals surface area (Å²) in [6.07, 6.45) is 2.25. The molecule has 1 heterocycles. The minimum atomic E-state index is 0.00750. The monoisotopic (exact) mass is 197 g/mol. The van der Waals surface area contributed by atoms with Gasteiger partial charge in [-0.1, -0.05) is 0 Å². The van der Waals surface area contributed by atoms with E-state index in [9.17, 15) is 4.79 Å². The lowest BCUT2D eigenvalue weighted by Gasteiger charge is -2.13. The van der Waals surface area contributed by atoms with Crippen molar-refractivity contribution in [2.75, 3.05) is 7.05 Å². The average molecular weight is 197 g/mol. The van der Waals surface area contributed by atoms with Crippen LogP contribution in [-0.2, 0) is 0 Å². The van der Waals surface area contributed by atoms with E-state index in [2.05, 4.69) is 9.36 Å². The van der Waals surface area contributed by atoms with Crippen LogP contribution in [0.5, 0.6) is 0 Å². The number of hydrogen-bond acceptors (Lipinski definition) is 4. The average Bonchev–Trinajstić information content (AvgIpc) is 2.87. The van der Waals surface area contributed by atoms with E-state index >= 15 is 0 Å². The number of rotatable bonds is 2. The minimum Gasteiger partial charge on any atom is -0.337 e. The number of aryl methyl sites for hydroxylation is 1. The molecule has 0 aromatic carbocycles. The Morgan fingerprint density at radius 2 is 2.31 bits per heavy atom. The van der Waals surface area contributed by atoms with Gasteiger partial charge >= 0.3 is 0 Å². The van der Waals surface area contributed by atoms with Crippen LogP contribution >= 0.6 is 11.5 Å². The predicted octanol–water partition coefficient (Wildman–Crippen LogP) is 1.08. The van der Waals surface area contributed by atoms with Gasteiger partial charge in [0.1, 0.15) is 5.82 Å². The molecule has 13 heavy (non-hydrogen) atoms. The summed E-state index contributed by atoms with van der Waals surface area (Å²) < 4.78 is 3.98. The molecule has 4 nitrogen and oxygen atoms in total. The number of amides is 1. The quantitative estimate of drug-likeness (QED) is 0.712. The van der Waals surface area contributed by atoms with E-state index in [-0.39, 0.29) is 5.91 Å². The van der Waals surface area contributed by atoms with Crippen molar-refractivity contribution in [3.05, 3.63) is 10.8 Å². The van der Waals surface area contributed by atoms with E-state index < -0.39 is 0 Å². The summed E-state index contributed by atoms with van der Waals surface area (Å²) in [6.45, 7) is 1.80. The van der Waals surface area contributed by atoms with Crippen molar-refractivity contribution in [1.82, 2.24) is 14.3 Å². The maximum atomic E-state index is 11.7. The van der Waals surface area contributed by atoms with E-state index in [1.165, 1.54) is 11.5 Å². The normalized spacial score (nSPS) is 15.8. The molecule has 0 aliphatic heterocycles. The lowest BCUT2D eigenvalue weighted by Crippen LogP contribution is -2.28. The van der Waals surface area contributed by atoms with Crippen LogP contribution in [0, 0.1) is 6.92 Å². The van der Waals surface area contributed by atoms with Crippen molar-refractivity contribution in [1.29, 1.82) is 0 Å². The van der Waals surface area contributed by atoms with Crippen LogP contribution in [0.4, 0.5) is 0 Å². The summed E-state index contributed by atoms with van der Waals surface area (Å²) in [5.74, 6) is 0.686. The summed E-state index contributed by atoms with van der Waals surface area (Å²) in [5, 5.41) is 0.506. The topological polar surface area (TPSA) is 46.1 Å². The van der Waals surface area contributed by atoms with Gasteiger partial charge in [-0.2, -0.15) is 4.37 Å². The first-order chi connectivity index (χ1) is 6.18. The second-order valence-corrected chi connectivity index (χ2v) is 4.05. The zero-order chi connectivity index (χ0) is 9.42. The zero-order valence-electron chi connectivity index (χ0n) is 7.65. The van der Waals surface area contributed by atoms with Crippen LogP contribution < -0.4 is 0 Å². The van der Waals surface area contributed by atoms with E-state index in [0.717, 1.165) is 12.8 Å². The first kappa shape index (κ1) is 8.62. The standard InChI is InChI=1S/C8H11N3OS/c1-5-9-7(13-10-5)8(12)11(2)6-3-4-6/h6H,3-4H2,1-2H3. The van der Waals surface area contributed by atoms with Gasteiger partial charge in [-0.3, -0.25) is 4.79 Å². The Morgan fingerprint density at radius 1 is 1.62 bits per heavy atom. The fraction of sp³-hybridized carbons (Fsp3) is 0.625. The van der Waals surface area contributed by atoms with Crippen LogP contribution in [0.1, 0.15) is 28.5 Å². The SMILES string of the molecule is Cc1nsc(C(=O)N(C)C2CC2)n1. The highest BCUT2D eigenvalue weighted by Crippen LogP contribution is 2.26. The molecule has 1 saturated carbocycles. The van der Waals surface area contributed by atoms with Gasteiger partial charge in [0, 0.05) is 13.1 Å². The van der Waals surface area contributed by atoms with E-state index in [4.69, 9.17) is 0 Å². The van der Waals surface area contributed by atoms with E-state index in [1.54, 1.807) is 11.8 Å².